The van der Waals surface area contributed by atoms with Crippen molar-refractivity contribution in [2.24, 2.45) is 0 Å². The summed E-state index contributed by atoms with van der Waals surface area (Å²) < 4.78 is 28.0. The van der Waals surface area contributed by atoms with Gasteiger partial charge >= 0.3 is 0 Å². The van der Waals surface area contributed by atoms with Crippen LogP contribution in [0.4, 0.5) is 0 Å². The number of allylic oxidation sites excluding steroid dienone is 1. The first-order valence-corrected chi connectivity index (χ1v) is 11.7. The first-order chi connectivity index (χ1) is 15.2. The van der Waals surface area contributed by atoms with Gasteiger partial charge in [0.05, 0.1) is 16.1 Å². The second-order valence-electron chi connectivity index (χ2n) is 7.63. The van der Waals surface area contributed by atoms with Gasteiger partial charge in [0.2, 0.25) is 9.84 Å². The zero-order valence-corrected chi connectivity index (χ0v) is 19.3. The third-order valence-electron chi connectivity index (χ3n) is 5.26. The third kappa shape index (κ3) is 4.23. The molecule has 32 heavy (non-hydrogen) atoms. The van der Waals surface area contributed by atoms with E-state index in [9.17, 15) is 18.5 Å². The molecule has 2 aromatic carbocycles. The minimum atomic E-state index is -3.95. The van der Waals surface area contributed by atoms with Crippen molar-refractivity contribution in [2.75, 3.05) is 7.05 Å². The highest BCUT2D eigenvalue weighted by Crippen LogP contribution is 2.31. The number of hydrogen-bond donors (Lipinski definition) is 1. The zero-order valence-electron chi connectivity index (χ0n) is 18.5. The second kappa shape index (κ2) is 9.25. The van der Waals surface area contributed by atoms with Crippen molar-refractivity contribution in [1.82, 2.24) is 9.88 Å². The van der Waals surface area contributed by atoms with E-state index in [1.165, 1.54) is 18.2 Å². The van der Waals surface area contributed by atoms with Crippen LogP contribution in [0.25, 0.3) is 11.8 Å². The van der Waals surface area contributed by atoms with Crippen molar-refractivity contribution in [3.8, 4) is 11.8 Å². The summed E-state index contributed by atoms with van der Waals surface area (Å²) in [5.74, 6) is -0.130. The van der Waals surface area contributed by atoms with Gasteiger partial charge in [-0.1, -0.05) is 44.2 Å². The minimum Gasteiger partial charge on any atom is -0.355 e. The van der Waals surface area contributed by atoms with Crippen LogP contribution in [0.3, 0.4) is 0 Å². The summed E-state index contributed by atoms with van der Waals surface area (Å²) in [6.07, 6.45) is 1.41. The molecule has 0 aliphatic rings. The van der Waals surface area contributed by atoms with Crippen molar-refractivity contribution in [3.05, 3.63) is 88.1 Å². The van der Waals surface area contributed by atoms with Crippen LogP contribution in [0, 0.1) is 18.3 Å². The number of carbonyl (C=O) groups excluding carboxylic acids is 1. The van der Waals surface area contributed by atoms with E-state index >= 15 is 0 Å². The molecule has 0 aliphatic heterocycles. The number of hydrogen-bond acceptors (Lipinski definition) is 4. The van der Waals surface area contributed by atoms with Crippen LogP contribution in [0.2, 0.25) is 0 Å². The molecule has 1 amide bonds. The smallest absolute Gasteiger partial charge is 0.253 e. The maximum absolute atomic E-state index is 13.0. The number of para-hydroxylation sites is 1. The van der Waals surface area contributed by atoms with Crippen LogP contribution >= 0.6 is 0 Å². The molecular formula is C25H25N3O3S. The van der Waals surface area contributed by atoms with Gasteiger partial charge in [-0.2, -0.15) is 5.26 Å². The lowest BCUT2D eigenvalue weighted by molar-refractivity contribution is 0.0963. The number of rotatable bonds is 6. The number of nitrogens with one attached hydrogen (secondary N) is 1. The average Bonchev–Trinajstić information content (AvgIpc) is 3.13. The van der Waals surface area contributed by atoms with Crippen LogP contribution in [0.15, 0.2) is 70.5 Å². The van der Waals surface area contributed by atoms with E-state index in [4.69, 9.17) is 0 Å². The molecule has 0 bridgehead atoms. The fraction of sp³-hybridized carbons (Fsp3) is 0.200. The monoisotopic (exact) mass is 447 g/mol. The van der Waals surface area contributed by atoms with E-state index in [2.05, 4.69) is 5.32 Å². The first kappa shape index (κ1) is 23.0. The normalized spacial score (nSPS) is 11.9. The van der Waals surface area contributed by atoms with E-state index in [-0.39, 0.29) is 21.6 Å². The van der Waals surface area contributed by atoms with E-state index < -0.39 is 9.84 Å². The standard InChI is InChI=1S/C25H25N3O3S/c1-17(2)24-15-19(14-21(16-26)32(30,31)20-10-6-5-7-11-20)18(3)28(24)23-13-9-8-12-22(23)25(29)27-4/h5-15,17H,1-4H3,(H,27,29)/b21-14+. The summed E-state index contributed by atoms with van der Waals surface area (Å²) in [5, 5.41) is 12.3. The molecule has 0 atom stereocenters. The molecule has 0 radical (unpaired) electrons. The molecule has 7 heteroatoms. The second-order valence-corrected chi connectivity index (χ2v) is 9.55. The van der Waals surface area contributed by atoms with Crippen LogP contribution < -0.4 is 5.32 Å². The Labute approximate surface area is 188 Å². The fourth-order valence-electron chi connectivity index (χ4n) is 3.57. The molecule has 0 spiro atoms. The largest absolute Gasteiger partial charge is 0.355 e. The van der Waals surface area contributed by atoms with Gasteiger partial charge < -0.3 is 9.88 Å². The summed E-state index contributed by atoms with van der Waals surface area (Å²) in [5.41, 5.74) is 3.44. The quantitative estimate of drug-likeness (QED) is 0.559. The lowest BCUT2D eigenvalue weighted by Crippen LogP contribution is -2.20. The van der Waals surface area contributed by atoms with E-state index in [1.54, 1.807) is 37.4 Å². The number of nitriles is 1. The van der Waals surface area contributed by atoms with Crippen LogP contribution in [-0.2, 0) is 9.84 Å². The Hall–Kier alpha value is -3.63. The molecule has 0 saturated heterocycles. The fourth-order valence-corrected chi connectivity index (χ4v) is 4.75. The van der Waals surface area contributed by atoms with Crippen molar-refractivity contribution in [2.45, 2.75) is 31.6 Å². The lowest BCUT2D eigenvalue weighted by atomic mass is 10.1. The van der Waals surface area contributed by atoms with Crippen LogP contribution in [-0.4, -0.2) is 25.9 Å². The van der Waals surface area contributed by atoms with Crippen molar-refractivity contribution < 1.29 is 13.2 Å². The zero-order chi connectivity index (χ0) is 23.5. The molecule has 1 aromatic heterocycles. The highest BCUT2D eigenvalue weighted by atomic mass is 32.2. The van der Waals surface area contributed by atoms with E-state index in [0.29, 0.717) is 16.8 Å². The van der Waals surface area contributed by atoms with Gasteiger partial charge in [0.25, 0.3) is 5.91 Å². The molecule has 164 valence electrons. The molecule has 3 aromatic rings. The summed E-state index contributed by atoms with van der Waals surface area (Å²) in [6, 6.07) is 18.9. The Morgan fingerprint density at radius 2 is 1.72 bits per heavy atom. The van der Waals surface area contributed by atoms with Gasteiger partial charge in [-0.15, -0.1) is 0 Å². The first-order valence-electron chi connectivity index (χ1n) is 10.2. The van der Waals surface area contributed by atoms with Gasteiger partial charge in [0.15, 0.2) is 0 Å². The minimum absolute atomic E-state index is 0.0685. The Kier molecular flexibility index (Phi) is 6.66. The molecule has 1 heterocycles. The maximum atomic E-state index is 13.0. The Bertz CT molecular complexity index is 1330. The number of sulfone groups is 1. The predicted octanol–water partition coefficient (Wildman–Crippen LogP) is 4.61. The SMILES string of the molecule is CNC(=O)c1ccccc1-n1c(C(C)C)cc(/C=C(\C#N)S(=O)(=O)c2ccccc2)c1C. The van der Waals surface area contributed by atoms with E-state index in [1.807, 2.05) is 49.6 Å². The summed E-state index contributed by atoms with van der Waals surface area (Å²) in [7, 11) is -2.38. The van der Waals surface area contributed by atoms with Gasteiger partial charge in [-0.3, -0.25) is 4.79 Å². The summed E-state index contributed by atoms with van der Waals surface area (Å²) in [6.45, 7) is 5.89. The Balaban J connectivity index is 2.24. The molecule has 0 aliphatic carbocycles. The maximum Gasteiger partial charge on any atom is 0.253 e. The molecular weight excluding hydrogens is 422 g/mol. The third-order valence-corrected chi connectivity index (χ3v) is 6.94. The lowest BCUT2D eigenvalue weighted by Gasteiger charge is -2.17. The molecule has 6 nitrogen and oxygen atoms in total. The highest BCUT2D eigenvalue weighted by Gasteiger charge is 2.23. The van der Waals surface area contributed by atoms with Gasteiger partial charge in [-0.25, -0.2) is 8.42 Å². The number of carbonyl (C=O) groups is 1. The van der Waals surface area contributed by atoms with Gasteiger partial charge in [0.1, 0.15) is 11.0 Å². The average molecular weight is 448 g/mol. The summed E-state index contributed by atoms with van der Waals surface area (Å²) in [4.78, 5) is 12.2. The number of aromatic nitrogens is 1. The van der Waals surface area contributed by atoms with Crippen LogP contribution in [0.1, 0.15) is 47.1 Å². The number of benzene rings is 2. The number of nitrogens with zero attached hydrogens (tertiary/aromatic N) is 2. The molecule has 1 N–H and O–H groups in total. The predicted molar refractivity (Wildman–Crippen MR) is 125 cm³/mol. The highest BCUT2D eigenvalue weighted by molar-refractivity contribution is 7.95. The van der Waals surface area contributed by atoms with Gasteiger partial charge in [-0.05, 0) is 54.8 Å². The molecule has 0 saturated carbocycles. The topological polar surface area (TPSA) is 92.0 Å². The Morgan fingerprint density at radius 3 is 2.31 bits per heavy atom. The van der Waals surface area contributed by atoms with Crippen molar-refractivity contribution in [3.63, 3.8) is 0 Å². The summed E-state index contributed by atoms with van der Waals surface area (Å²) >= 11 is 0. The number of amides is 1. The van der Waals surface area contributed by atoms with E-state index in [0.717, 1.165) is 11.4 Å². The molecule has 3 rings (SSSR count). The molecule has 0 fully saturated rings. The van der Waals surface area contributed by atoms with Crippen LogP contribution in [0.5, 0.6) is 0 Å². The molecule has 0 unspecified atom stereocenters. The Morgan fingerprint density at radius 1 is 1.09 bits per heavy atom. The van der Waals surface area contributed by atoms with Crippen molar-refractivity contribution in [1.29, 1.82) is 5.26 Å². The van der Waals surface area contributed by atoms with Crippen molar-refractivity contribution >= 4 is 21.8 Å². The van der Waals surface area contributed by atoms with Gasteiger partial charge in [0, 0.05) is 18.4 Å².